The van der Waals surface area contributed by atoms with Crippen molar-refractivity contribution in [1.29, 1.82) is 0 Å². The average molecular weight is 344 g/mol. The number of aromatic amines is 1. The van der Waals surface area contributed by atoms with E-state index in [4.69, 9.17) is 5.73 Å². The molecule has 1 aromatic heterocycles. The zero-order valence-electron chi connectivity index (χ0n) is 14.0. The predicted octanol–water partition coefficient (Wildman–Crippen LogP) is 0.881. The van der Waals surface area contributed by atoms with Crippen LogP contribution >= 0.6 is 0 Å². The van der Waals surface area contributed by atoms with Gasteiger partial charge in [-0.15, -0.1) is 0 Å². The molecule has 0 saturated carbocycles. The molecular formula is C18H24N4O3. The summed E-state index contributed by atoms with van der Waals surface area (Å²) < 4.78 is 0. The molecule has 1 amide bonds. The second-order valence-corrected chi connectivity index (χ2v) is 6.45. The summed E-state index contributed by atoms with van der Waals surface area (Å²) in [7, 11) is 0. The summed E-state index contributed by atoms with van der Waals surface area (Å²) >= 11 is 0. The molecule has 0 bridgehead atoms. The second-order valence-electron chi connectivity index (χ2n) is 6.45. The highest BCUT2D eigenvalue weighted by Gasteiger charge is 2.29. The molecule has 0 fully saturated rings. The molecule has 0 saturated heterocycles. The van der Waals surface area contributed by atoms with Gasteiger partial charge in [0.1, 0.15) is 6.04 Å². The molecule has 0 radical (unpaired) electrons. The van der Waals surface area contributed by atoms with Gasteiger partial charge >= 0.3 is 5.97 Å². The Balaban J connectivity index is 1.68. The van der Waals surface area contributed by atoms with E-state index in [1.165, 1.54) is 0 Å². The van der Waals surface area contributed by atoms with Crippen LogP contribution in [0.15, 0.2) is 24.3 Å². The highest BCUT2D eigenvalue weighted by molar-refractivity contribution is 5.90. The minimum absolute atomic E-state index is 0.268. The van der Waals surface area contributed by atoms with E-state index in [0.717, 1.165) is 28.6 Å². The zero-order valence-corrected chi connectivity index (χ0v) is 14.0. The summed E-state index contributed by atoms with van der Waals surface area (Å²) in [6.07, 6.45) is 2.36. The fourth-order valence-electron chi connectivity index (χ4n) is 3.35. The number of rotatable bonds is 7. The number of aliphatic carboxylic acids is 1. The SMILES string of the molecule is NCCCC[C@H](NC(=O)C1Cc2c([nH]c3ccccc23)CN1)C(=O)O. The third kappa shape index (κ3) is 3.83. The molecule has 1 aliphatic rings. The van der Waals surface area contributed by atoms with Crippen LogP contribution < -0.4 is 16.4 Å². The zero-order chi connectivity index (χ0) is 17.8. The van der Waals surface area contributed by atoms with E-state index in [9.17, 15) is 14.7 Å². The van der Waals surface area contributed by atoms with Gasteiger partial charge in [-0.3, -0.25) is 10.1 Å². The van der Waals surface area contributed by atoms with Gasteiger partial charge in [0.15, 0.2) is 0 Å². The van der Waals surface area contributed by atoms with Gasteiger partial charge in [-0.1, -0.05) is 18.2 Å². The molecule has 1 unspecified atom stereocenters. The van der Waals surface area contributed by atoms with E-state index in [0.29, 0.717) is 32.4 Å². The van der Waals surface area contributed by atoms with Crippen LogP contribution in [0.1, 0.15) is 30.5 Å². The summed E-state index contributed by atoms with van der Waals surface area (Å²) in [6, 6.07) is 6.71. The lowest BCUT2D eigenvalue weighted by Crippen LogP contribution is -2.52. The first-order valence-electron chi connectivity index (χ1n) is 8.65. The summed E-state index contributed by atoms with van der Waals surface area (Å²) in [5, 5.41) is 16.3. The molecule has 2 aromatic rings. The van der Waals surface area contributed by atoms with Gasteiger partial charge in [0, 0.05) is 23.1 Å². The Morgan fingerprint density at radius 1 is 1.32 bits per heavy atom. The fraction of sp³-hybridized carbons (Fsp3) is 0.444. The van der Waals surface area contributed by atoms with Gasteiger partial charge in [-0.25, -0.2) is 4.79 Å². The maximum absolute atomic E-state index is 12.5. The molecule has 1 aliphatic heterocycles. The van der Waals surface area contributed by atoms with Gasteiger partial charge in [0.2, 0.25) is 5.91 Å². The van der Waals surface area contributed by atoms with Gasteiger partial charge in [0.25, 0.3) is 0 Å². The number of nitrogens with two attached hydrogens (primary N) is 1. The number of amides is 1. The van der Waals surface area contributed by atoms with E-state index in [-0.39, 0.29) is 5.91 Å². The van der Waals surface area contributed by atoms with Crippen LogP contribution in [-0.4, -0.2) is 40.6 Å². The first-order valence-corrected chi connectivity index (χ1v) is 8.65. The molecule has 2 atom stereocenters. The molecule has 3 rings (SSSR count). The number of hydrogen-bond donors (Lipinski definition) is 5. The Kier molecular flexibility index (Phi) is 5.35. The van der Waals surface area contributed by atoms with Crippen molar-refractivity contribution < 1.29 is 14.7 Å². The molecule has 6 N–H and O–H groups in total. The molecule has 7 heteroatoms. The van der Waals surface area contributed by atoms with Crippen molar-refractivity contribution in [3.8, 4) is 0 Å². The van der Waals surface area contributed by atoms with Crippen LogP contribution in [0.2, 0.25) is 0 Å². The third-order valence-corrected chi connectivity index (χ3v) is 4.71. The number of aromatic nitrogens is 1. The quantitative estimate of drug-likeness (QED) is 0.478. The number of carboxylic acids is 1. The number of nitrogens with one attached hydrogen (secondary N) is 3. The lowest BCUT2D eigenvalue weighted by Gasteiger charge is -2.25. The molecule has 2 heterocycles. The Labute approximate surface area is 146 Å². The van der Waals surface area contributed by atoms with Crippen LogP contribution in [0.4, 0.5) is 0 Å². The Morgan fingerprint density at radius 2 is 2.12 bits per heavy atom. The number of benzene rings is 1. The fourth-order valence-corrected chi connectivity index (χ4v) is 3.35. The second kappa shape index (κ2) is 7.67. The smallest absolute Gasteiger partial charge is 0.326 e. The standard InChI is InChI=1S/C18H24N4O3/c19-8-4-3-7-14(18(24)25)22-17(23)15-9-12-11-5-1-2-6-13(11)21-16(12)10-20-15/h1-2,5-6,14-15,20-21H,3-4,7-10,19H2,(H,22,23)(H,24,25)/t14-,15?/m0/s1. The number of carbonyl (C=O) groups is 2. The van der Waals surface area contributed by atoms with Gasteiger partial charge in [-0.2, -0.15) is 0 Å². The number of hydrogen-bond acceptors (Lipinski definition) is 4. The molecule has 0 aliphatic carbocycles. The molecule has 1 aromatic carbocycles. The van der Waals surface area contributed by atoms with Crippen LogP contribution in [0.3, 0.4) is 0 Å². The van der Waals surface area contributed by atoms with Crippen molar-refractivity contribution in [2.45, 2.75) is 44.3 Å². The summed E-state index contributed by atoms with van der Waals surface area (Å²) in [5.41, 5.74) is 8.71. The number of fused-ring (bicyclic) bond motifs is 3. The Hall–Kier alpha value is -2.38. The van der Waals surface area contributed by atoms with Gasteiger partial charge < -0.3 is 21.1 Å². The first kappa shape index (κ1) is 17.4. The lowest BCUT2D eigenvalue weighted by molar-refractivity contribution is -0.142. The Bertz CT molecular complexity index is 771. The Morgan fingerprint density at radius 3 is 2.88 bits per heavy atom. The van der Waals surface area contributed by atoms with Crippen molar-refractivity contribution in [2.24, 2.45) is 5.73 Å². The van der Waals surface area contributed by atoms with E-state index in [2.05, 4.69) is 15.6 Å². The largest absolute Gasteiger partial charge is 0.480 e. The lowest BCUT2D eigenvalue weighted by atomic mass is 9.97. The predicted molar refractivity (Wildman–Crippen MR) is 95.1 cm³/mol. The summed E-state index contributed by atoms with van der Waals surface area (Å²) in [5.74, 6) is -1.27. The topological polar surface area (TPSA) is 120 Å². The van der Waals surface area contributed by atoms with Crippen molar-refractivity contribution in [3.05, 3.63) is 35.5 Å². The van der Waals surface area contributed by atoms with Crippen LogP contribution in [0, 0.1) is 0 Å². The van der Waals surface area contributed by atoms with Crippen LogP contribution in [0.5, 0.6) is 0 Å². The molecule has 134 valence electrons. The number of para-hydroxylation sites is 1. The maximum Gasteiger partial charge on any atom is 0.326 e. The van der Waals surface area contributed by atoms with Crippen LogP contribution in [0.25, 0.3) is 10.9 Å². The van der Waals surface area contributed by atoms with Crippen molar-refractivity contribution >= 4 is 22.8 Å². The van der Waals surface area contributed by atoms with Crippen molar-refractivity contribution in [2.75, 3.05) is 6.54 Å². The number of carbonyl (C=O) groups excluding carboxylic acids is 1. The van der Waals surface area contributed by atoms with Crippen molar-refractivity contribution in [3.63, 3.8) is 0 Å². The number of H-pyrrole nitrogens is 1. The van der Waals surface area contributed by atoms with Gasteiger partial charge in [-0.05, 0) is 43.9 Å². The van der Waals surface area contributed by atoms with E-state index in [1.54, 1.807) is 0 Å². The molecule has 0 spiro atoms. The minimum atomic E-state index is -1.01. The van der Waals surface area contributed by atoms with Gasteiger partial charge in [0.05, 0.1) is 6.04 Å². The van der Waals surface area contributed by atoms with E-state index < -0.39 is 18.1 Å². The highest BCUT2D eigenvalue weighted by atomic mass is 16.4. The number of unbranched alkanes of at least 4 members (excludes halogenated alkanes) is 1. The minimum Gasteiger partial charge on any atom is -0.480 e. The highest BCUT2D eigenvalue weighted by Crippen LogP contribution is 2.26. The van der Waals surface area contributed by atoms with E-state index in [1.807, 2.05) is 24.3 Å². The molecule has 25 heavy (non-hydrogen) atoms. The average Bonchev–Trinajstić information content (AvgIpc) is 2.98. The third-order valence-electron chi connectivity index (χ3n) is 4.71. The first-order chi connectivity index (χ1) is 12.1. The monoisotopic (exact) mass is 344 g/mol. The normalized spacial score (nSPS) is 17.9. The summed E-state index contributed by atoms with van der Waals surface area (Å²) in [6.45, 7) is 1.08. The van der Waals surface area contributed by atoms with E-state index >= 15 is 0 Å². The summed E-state index contributed by atoms with van der Waals surface area (Å²) in [4.78, 5) is 27.3. The van der Waals surface area contributed by atoms with Crippen molar-refractivity contribution in [1.82, 2.24) is 15.6 Å². The maximum atomic E-state index is 12.5. The van der Waals surface area contributed by atoms with Crippen LogP contribution in [-0.2, 0) is 22.6 Å². The molecular weight excluding hydrogens is 320 g/mol. The number of carboxylic acid groups (broad SMARTS) is 1. The molecule has 7 nitrogen and oxygen atoms in total.